The van der Waals surface area contributed by atoms with Crippen molar-refractivity contribution < 1.29 is 16.8 Å². The summed E-state index contributed by atoms with van der Waals surface area (Å²) in [5.41, 5.74) is 2.04. The number of sulfonamides is 2. The summed E-state index contributed by atoms with van der Waals surface area (Å²) in [7, 11) is -7.30. The van der Waals surface area contributed by atoms with Crippen LogP contribution < -0.4 is 9.86 Å². The third-order valence-electron chi connectivity index (χ3n) is 5.22. The molecule has 0 aliphatic heterocycles. The van der Waals surface area contributed by atoms with Gasteiger partial charge in [0.15, 0.2) is 0 Å². The van der Waals surface area contributed by atoms with Crippen molar-refractivity contribution in [3.8, 4) is 0 Å². The topological polar surface area (TPSA) is 106 Å². The van der Waals surface area contributed by atoms with Gasteiger partial charge in [-0.3, -0.25) is 0 Å². The number of rotatable bonds is 7. The number of nitrogens with one attached hydrogen (secondary N) is 1. The fourth-order valence-corrected chi connectivity index (χ4v) is 5.16. The molecule has 1 aliphatic rings. The van der Waals surface area contributed by atoms with E-state index in [2.05, 4.69) is 4.72 Å². The van der Waals surface area contributed by atoms with Crippen LogP contribution in [0.3, 0.4) is 0 Å². The van der Waals surface area contributed by atoms with Crippen LogP contribution in [0.15, 0.2) is 58.3 Å². The Labute approximate surface area is 167 Å². The first-order valence-electron chi connectivity index (χ1n) is 9.47. The van der Waals surface area contributed by atoms with Gasteiger partial charge in [0.05, 0.1) is 9.79 Å². The van der Waals surface area contributed by atoms with Crippen molar-refractivity contribution in [3.05, 3.63) is 59.7 Å². The van der Waals surface area contributed by atoms with E-state index in [-0.39, 0.29) is 16.3 Å². The lowest BCUT2D eigenvalue weighted by Crippen LogP contribution is -2.26. The van der Waals surface area contributed by atoms with Gasteiger partial charge in [-0.25, -0.2) is 26.7 Å². The second-order valence-electron chi connectivity index (χ2n) is 7.24. The van der Waals surface area contributed by atoms with Crippen LogP contribution in [0.5, 0.6) is 0 Å². The average molecular weight is 423 g/mol. The van der Waals surface area contributed by atoms with Crippen LogP contribution in [-0.4, -0.2) is 23.4 Å². The summed E-state index contributed by atoms with van der Waals surface area (Å²) in [5, 5.41) is 5.07. The maximum atomic E-state index is 12.5. The highest BCUT2D eigenvalue weighted by molar-refractivity contribution is 7.89. The van der Waals surface area contributed by atoms with Gasteiger partial charge >= 0.3 is 0 Å². The van der Waals surface area contributed by atoms with Crippen LogP contribution in [0.25, 0.3) is 0 Å². The minimum Gasteiger partial charge on any atom is -0.225 e. The molecule has 2 aromatic rings. The molecule has 0 atom stereocenters. The van der Waals surface area contributed by atoms with Gasteiger partial charge in [-0.15, -0.1) is 0 Å². The Balaban J connectivity index is 1.57. The van der Waals surface area contributed by atoms with E-state index in [1.165, 1.54) is 49.8 Å². The van der Waals surface area contributed by atoms with Gasteiger partial charge in [0.1, 0.15) is 0 Å². The molecule has 0 amide bonds. The van der Waals surface area contributed by atoms with Crippen molar-refractivity contribution in [1.29, 1.82) is 0 Å². The Kier molecular flexibility index (Phi) is 6.54. The summed E-state index contributed by atoms with van der Waals surface area (Å²) >= 11 is 0. The molecular formula is C20H26N2O4S2. The predicted molar refractivity (Wildman–Crippen MR) is 109 cm³/mol. The first-order chi connectivity index (χ1) is 13.3. The van der Waals surface area contributed by atoms with E-state index < -0.39 is 20.0 Å². The predicted octanol–water partition coefficient (Wildman–Crippen LogP) is 2.90. The van der Waals surface area contributed by atoms with Gasteiger partial charge < -0.3 is 0 Å². The largest absolute Gasteiger partial charge is 0.240 e. The zero-order valence-corrected chi connectivity index (χ0v) is 17.3. The summed E-state index contributed by atoms with van der Waals surface area (Å²) in [6.45, 7) is 0.224. The molecule has 3 N–H and O–H groups in total. The molecule has 0 aromatic heterocycles. The maximum absolute atomic E-state index is 12.5. The van der Waals surface area contributed by atoms with Crippen molar-refractivity contribution in [2.24, 2.45) is 5.14 Å². The van der Waals surface area contributed by atoms with E-state index in [9.17, 15) is 16.8 Å². The highest BCUT2D eigenvalue weighted by Crippen LogP contribution is 2.32. The summed E-state index contributed by atoms with van der Waals surface area (Å²) in [6, 6.07) is 13.3. The van der Waals surface area contributed by atoms with Gasteiger partial charge in [0.25, 0.3) is 0 Å². The molecular weight excluding hydrogens is 396 g/mol. The molecule has 152 valence electrons. The Hall–Kier alpha value is -1.74. The Morgan fingerprint density at radius 1 is 0.821 bits per heavy atom. The van der Waals surface area contributed by atoms with E-state index in [4.69, 9.17) is 5.14 Å². The van der Waals surface area contributed by atoms with Gasteiger partial charge in [0.2, 0.25) is 20.0 Å². The SMILES string of the molecule is NS(=O)(=O)c1ccc(CCNS(=O)(=O)c2ccc(C3CCCCC3)cc2)cc1. The Bertz CT molecular complexity index is 993. The molecule has 1 fully saturated rings. The lowest BCUT2D eigenvalue weighted by molar-refractivity contribution is 0.443. The molecule has 1 saturated carbocycles. The Morgan fingerprint density at radius 3 is 1.96 bits per heavy atom. The fraction of sp³-hybridized carbons (Fsp3) is 0.400. The van der Waals surface area contributed by atoms with Crippen molar-refractivity contribution in [1.82, 2.24) is 4.72 Å². The molecule has 6 nitrogen and oxygen atoms in total. The molecule has 3 rings (SSSR count). The van der Waals surface area contributed by atoms with E-state index in [0.29, 0.717) is 12.3 Å². The zero-order chi connectivity index (χ0) is 20.2. The molecule has 0 radical (unpaired) electrons. The van der Waals surface area contributed by atoms with Crippen LogP contribution in [-0.2, 0) is 26.5 Å². The molecule has 8 heteroatoms. The van der Waals surface area contributed by atoms with E-state index >= 15 is 0 Å². The summed E-state index contributed by atoms with van der Waals surface area (Å²) < 4.78 is 50.1. The van der Waals surface area contributed by atoms with Crippen molar-refractivity contribution >= 4 is 20.0 Å². The number of hydrogen-bond donors (Lipinski definition) is 2. The quantitative estimate of drug-likeness (QED) is 0.715. The van der Waals surface area contributed by atoms with Crippen molar-refractivity contribution in [2.45, 2.75) is 54.2 Å². The number of benzene rings is 2. The van der Waals surface area contributed by atoms with E-state index in [0.717, 1.165) is 5.56 Å². The smallest absolute Gasteiger partial charge is 0.225 e. The molecule has 0 heterocycles. The number of hydrogen-bond acceptors (Lipinski definition) is 4. The molecule has 0 unspecified atom stereocenters. The Morgan fingerprint density at radius 2 is 1.39 bits per heavy atom. The monoisotopic (exact) mass is 422 g/mol. The molecule has 0 saturated heterocycles. The molecule has 0 spiro atoms. The summed E-state index contributed by atoms with van der Waals surface area (Å²) in [6.07, 6.45) is 6.57. The third-order valence-corrected chi connectivity index (χ3v) is 7.63. The first kappa shape index (κ1) is 21.0. The number of nitrogens with two attached hydrogens (primary N) is 1. The minimum absolute atomic E-state index is 0.0369. The lowest BCUT2D eigenvalue weighted by atomic mass is 9.84. The van der Waals surface area contributed by atoms with Crippen molar-refractivity contribution in [3.63, 3.8) is 0 Å². The fourth-order valence-electron chi connectivity index (χ4n) is 3.61. The summed E-state index contributed by atoms with van der Waals surface area (Å²) in [4.78, 5) is 0.298. The second kappa shape index (κ2) is 8.73. The maximum Gasteiger partial charge on any atom is 0.240 e. The van der Waals surface area contributed by atoms with Gasteiger partial charge in [0, 0.05) is 6.54 Å². The van der Waals surface area contributed by atoms with Crippen molar-refractivity contribution in [2.75, 3.05) is 6.54 Å². The molecule has 28 heavy (non-hydrogen) atoms. The van der Waals surface area contributed by atoms with Crippen LogP contribution in [0.4, 0.5) is 0 Å². The van der Waals surface area contributed by atoms with Crippen LogP contribution in [0, 0.1) is 0 Å². The normalized spacial score (nSPS) is 16.2. The zero-order valence-electron chi connectivity index (χ0n) is 15.7. The van der Waals surface area contributed by atoms with Crippen LogP contribution >= 0.6 is 0 Å². The average Bonchev–Trinajstić information content (AvgIpc) is 2.68. The minimum atomic E-state index is -3.72. The van der Waals surface area contributed by atoms with Gasteiger partial charge in [-0.05, 0) is 60.6 Å². The second-order valence-corrected chi connectivity index (χ2v) is 10.6. The van der Waals surface area contributed by atoms with E-state index in [1.807, 2.05) is 12.1 Å². The van der Waals surface area contributed by atoms with Gasteiger partial charge in [-0.1, -0.05) is 43.5 Å². The third kappa shape index (κ3) is 5.41. The highest BCUT2D eigenvalue weighted by atomic mass is 32.2. The first-order valence-corrected chi connectivity index (χ1v) is 12.5. The van der Waals surface area contributed by atoms with Gasteiger partial charge in [-0.2, -0.15) is 0 Å². The molecule has 2 aromatic carbocycles. The highest BCUT2D eigenvalue weighted by Gasteiger charge is 2.18. The van der Waals surface area contributed by atoms with Crippen LogP contribution in [0.1, 0.15) is 49.1 Å². The standard InChI is InChI=1S/C20H26N2O4S2/c21-27(23,24)19-10-6-16(7-11-19)14-15-22-28(25,26)20-12-8-18(9-13-20)17-4-2-1-3-5-17/h6-13,17,22H,1-5,14-15H2,(H2,21,23,24). The molecule has 1 aliphatic carbocycles. The molecule has 0 bridgehead atoms. The van der Waals surface area contributed by atoms with Crippen LogP contribution in [0.2, 0.25) is 0 Å². The lowest BCUT2D eigenvalue weighted by Gasteiger charge is -2.22. The van der Waals surface area contributed by atoms with E-state index in [1.54, 1.807) is 24.3 Å². The number of primary sulfonamides is 1. The summed E-state index contributed by atoms with van der Waals surface area (Å²) in [5.74, 6) is 0.541.